The lowest BCUT2D eigenvalue weighted by Crippen LogP contribution is -2.40. The van der Waals surface area contributed by atoms with E-state index in [-0.39, 0.29) is 6.54 Å². The van der Waals surface area contributed by atoms with Gasteiger partial charge in [0.15, 0.2) is 11.0 Å². The molecule has 2 rings (SSSR count). The molecule has 9 heteroatoms. The number of imidazole rings is 1. The highest BCUT2D eigenvalue weighted by molar-refractivity contribution is 7.86. The standard InChI is InChI=1S/C13H15F3N2O3S/c1-8(9(2)22(19,20)21)6-18-7-17-11-4-3-10(5-12(11)18)13(14,15)16/h3-5,7-9H,6H2,1-2H3,(H,19,20,21)/p+1. The lowest BCUT2D eigenvalue weighted by molar-refractivity contribution is -0.677. The lowest BCUT2D eigenvalue weighted by atomic mass is 10.1. The molecule has 2 N–H and O–H groups in total. The number of hydrogen-bond donors (Lipinski definition) is 2. The fourth-order valence-electron chi connectivity index (χ4n) is 2.19. The fraction of sp³-hybridized carbons (Fsp3) is 0.462. The lowest BCUT2D eigenvalue weighted by Gasteiger charge is -2.15. The van der Waals surface area contributed by atoms with Crippen LogP contribution in [0.2, 0.25) is 0 Å². The number of benzene rings is 1. The fourth-order valence-corrected chi connectivity index (χ4v) is 2.86. The molecule has 1 aromatic carbocycles. The number of nitrogens with one attached hydrogen (secondary N) is 1. The van der Waals surface area contributed by atoms with E-state index in [4.69, 9.17) is 4.55 Å². The van der Waals surface area contributed by atoms with Gasteiger partial charge in [-0.15, -0.1) is 0 Å². The number of alkyl halides is 3. The summed E-state index contributed by atoms with van der Waals surface area (Å²) < 4.78 is 71.2. The van der Waals surface area contributed by atoms with Gasteiger partial charge in [-0.25, -0.2) is 9.55 Å². The molecule has 1 heterocycles. The van der Waals surface area contributed by atoms with E-state index < -0.39 is 33.0 Å². The molecule has 0 aliphatic heterocycles. The zero-order valence-electron chi connectivity index (χ0n) is 11.9. The normalized spacial score (nSPS) is 15.9. The number of fused-ring (bicyclic) bond motifs is 1. The topological polar surface area (TPSA) is 74.0 Å². The van der Waals surface area contributed by atoms with Gasteiger partial charge in [0.25, 0.3) is 10.1 Å². The van der Waals surface area contributed by atoms with E-state index >= 15 is 0 Å². The second-order valence-corrected chi connectivity index (χ2v) is 7.13. The van der Waals surface area contributed by atoms with E-state index in [9.17, 15) is 21.6 Å². The second kappa shape index (κ2) is 5.54. The molecule has 0 spiro atoms. The molecule has 0 aliphatic carbocycles. The molecule has 0 fully saturated rings. The minimum absolute atomic E-state index is 0.155. The predicted molar refractivity (Wildman–Crippen MR) is 73.7 cm³/mol. The Labute approximate surface area is 125 Å². The quantitative estimate of drug-likeness (QED) is 0.664. The van der Waals surface area contributed by atoms with Gasteiger partial charge in [0.05, 0.1) is 17.4 Å². The van der Waals surface area contributed by atoms with Crippen molar-refractivity contribution in [1.29, 1.82) is 0 Å². The summed E-state index contributed by atoms with van der Waals surface area (Å²) >= 11 is 0. The first-order chi connectivity index (χ1) is 10.00. The third kappa shape index (κ3) is 3.41. The van der Waals surface area contributed by atoms with Crippen LogP contribution in [0.3, 0.4) is 0 Å². The van der Waals surface area contributed by atoms with Crippen molar-refractivity contribution >= 4 is 21.2 Å². The largest absolute Gasteiger partial charge is 0.416 e. The summed E-state index contributed by atoms with van der Waals surface area (Å²) in [6.45, 7) is 3.12. The second-order valence-electron chi connectivity index (χ2n) is 5.35. The number of hydrogen-bond acceptors (Lipinski definition) is 2. The molecule has 2 unspecified atom stereocenters. The summed E-state index contributed by atoms with van der Waals surface area (Å²) in [5.41, 5.74) is 0.0627. The Morgan fingerprint density at radius 2 is 1.95 bits per heavy atom. The van der Waals surface area contributed by atoms with Gasteiger partial charge in [-0.05, 0) is 19.1 Å². The zero-order valence-corrected chi connectivity index (χ0v) is 12.7. The third-order valence-electron chi connectivity index (χ3n) is 3.77. The zero-order chi connectivity index (χ0) is 16.7. The predicted octanol–water partition coefficient (Wildman–Crippen LogP) is 2.39. The minimum Gasteiger partial charge on any atom is -0.285 e. The van der Waals surface area contributed by atoms with Crippen LogP contribution < -0.4 is 4.57 Å². The molecular formula is C13H16F3N2O3S+. The van der Waals surface area contributed by atoms with Crippen LogP contribution >= 0.6 is 0 Å². The van der Waals surface area contributed by atoms with Gasteiger partial charge >= 0.3 is 6.18 Å². The van der Waals surface area contributed by atoms with Crippen LogP contribution in [-0.4, -0.2) is 23.2 Å². The number of halogens is 3. The average molecular weight is 337 g/mol. The van der Waals surface area contributed by atoms with Crippen molar-refractivity contribution in [2.24, 2.45) is 5.92 Å². The Balaban J connectivity index is 2.36. The summed E-state index contributed by atoms with van der Waals surface area (Å²) in [6.07, 6.45) is -2.96. The Morgan fingerprint density at radius 1 is 1.32 bits per heavy atom. The van der Waals surface area contributed by atoms with E-state index in [0.717, 1.165) is 12.1 Å². The monoisotopic (exact) mass is 337 g/mol. The number of aromatic amines is 1. The smallest absolute Gasteiger partial charge is 0.285 e. The summed E-state index contributed by atoms with van der Waals surface area (Å²) in [4.78, 5) is 2.83. The number of rotatable bonds is 4. The molecule has 0 amide bonds. The van der Waals surface area contributed by atoms with E-state index in [1.54, 1.807) is 6.92 Å². The Kier molecular flexibility index (Phi) is 4.22. The molecule has 5 nitrogen and oxygen atoms in total. The van der Waals surface area contributed by atoms with Crippen molar-refractivity contribution in [2.75, 3.05) is 0 Å². The van der Waals surface area contributed by atoms with E-state index in [1.807, 2.05) is 0 Å². The first-order valence-electron chi connectivity index (χ1n) is 6.54. The first-order valence-corrected chi connectivity index (χ1v) is 8.04. The molecule has 0 radical (unpaired) electrons. The van der Waals surface area contributed by atoms with Crippen LogP contribution in [0.1, 0.15) is 19.4 Å². The molecule has 122 valence electrons. The number of aromatic nitrogens is 2. The van der Waals surface area contributed by atoms with Gasteiger partial charge in [0.1, 0.15) is 0 Å². The van der Waals surface area contributed by atoms with Crippen LogP contribution in [0.15, 0.2) is 24.5 Å². The molecule has 1 aromatic heterocycles. The molecule has 22 heavy (non-hydrogen) atoms. The van der Waals surface area contributed by atoms with Crippen molar-refractivity contribution in [1.82, 2.24) is 4.98 Å². The minimum atomic E-state index is -4.45. The SMILES string of the molecule is CC(C[n+]1c[nH]c2ccc(C(F)(F)F)cc21)C(C)S(=O)(=O)O. The molecule has 0 saturated heterocycles. The molecule has 0 aliphatic rings. The van der Waals surface area contributed by atoms with Gasteiger partial charge < -0.3 is 0 Å². The van der Waals surface area contributed by atoms with Gasteiger partial charge in [0.2, 0.25) is 6.33 Å². The Hall–Kier alpha value is -1.61. The Bertz CT molecular complexity index is 783. The third-order valence-corrected chi connectivity index (χ3v) is 5.17. The van der Waals surface area contributed by atoms with Crippen LogP contribution in [0, 0.1) is 5.92 Å². The van der Waals surface area contributed by atoms with Crippen LogP contribution in [0.25, 0.3) is 11.0 Å². The Morgan fingerprint density at radius 3 is 2.50 bits per heavy atom. The van der Waals surface area contributed by atoms with Crippen molar-refractivity contribution in [3.05, 3.63) is 30.1 Å². The molecule has 0 saturated carbocycles. The molecule has 0 bridgehead atoms. The highest BCUT2D eigenvalue weighted by Crippen LogP contribution is 2.30. The molecule has 2 atom stereocenters. The van der Waals surface area contributed by atoms with Crippen LogP contribution in [0.4, 0.5) is 13.2 Å². The maximum atomic E-state index is 12.8. The summed E-state index contributed by atoms with van der Waals surface area (Å²) in [5, 5.41) is -1.02. The van der Waals surface area contributed by atoms with Crippen molar-refractivity contribution in [3.8, 4) is 0 Å². The van der Waals surface area contributed by atoms with E-state index in [0.29, 0.717) is 11.0 Å². The molecule has 2 aromatic rings. The maximum absolute atomic E-state index is 12.8. The van der Waals surface area contributed by atoms with E-state index in [1.165, 1.54) is 23.9 Å². The van der Waals surface area contributed by atoms with Crippen molar-refractivity contribution in [3.63, 3.8) is 0 Å². The summed E-state index contributed by atoms with van der Waals surface area (Å²) in [7, 11) is -4.19. The van der Waals surface area contributed by atoms with Gasteiger partial charge in [0, 0.05) is 12.0 Å². The number of H-pyrrole nitrogens is 1. The van der Waals surface area contributed by atoms with Crippen LogP contribution in [-0.2, 0) is 22.8 Å². The first kappa shape index (κ1) is 16.8. The van der Waals surface area contributed by atoms with Gasteiger partial charge in [-0.1, -0.05) is 6.92 Å². The average Bonchev–Trinajstić information content (AvgIpc) is 2.78. The van der Waals surface area contributed by atoms with E-state index in [2.05, 4.69) is 4.98 Å². The summed E-state index contributed by atoms with van der Waals surface area (Å²) in [6, 6.07) is 3.32. The van der Waals surface area contributed by atoms with Crippen LogP contribution in [0.5, 0.6) is 0 Å². The van der Waals surface area contributed by atoms with Gasteiger partial charge in [-0.2, -0.15) is 21.6 Å². The molecular weight excluding hydrogens is 321 g/mol. The van der Waals surface area contributed by atoms with Gasteiger partial charge in [-0.3, -0.25) is 4.55 Å². The highest BCUT2D eigenvalue weighted by Gasteiger charge is 2.32. The summed E-state index contributed by atoms with van der Waals surface area (Å²) in [5.74, 6) is -0.478. The van der Waals surface area contributed by atoms with Crippen molar-refractivity contribution in [2.45, 2.75) is 31.8 Å². The van der Waals surface area contributed by atoms with Crippen molar-refractivity contribution < 1.29 is 30.7 Å². The highest BCUT2D eigenvalue weighted by atomic mass is 32.2. The number of nitrogens with zero attached hydrogens (tertiary/aromatic N) is 1. The maximum Gasteiger partial charge on any atom is 0.416 e.